The smallest absolute Gasteiger partial charge is 0.223 e. The minimum Gasteiger partial charge on any atom is -0.436 e. The Labute approximate surface area is 105 Å². The van der Waals surface area contributed by atoms with E-state index in [2.05, 4.69) is 20.9 Å². The van der Waals surface area contributed by atoms with Gasteiger partial charge >= 0.3 is 0 Å². The Morgan fingerprint density at radius 1 is 1.24 bits per heavy atom. The fourth-order valence-electron chi connectivity index (χ4n) is 1.28. The van der Waals surface area contributed by atoms with E-state index in [1.807, 2.05) is 0 Å². The van der Waals surface area contributed by atoms with E-state index in [0.717, 1.165) is 17.7 Å². The molecule has 1 aromatic carbocycles. The number of benzene rings is 1. The predicted molar refractivity (Wildman–Crippen MR) is 63.3 cm³/mol. The number of aromatic nitrogens is 1. The summed E-state index contributed by atoms with van der Waals surface area (Å²) in [5.74, 6) is -1.14. The zero-order valence-corrected chi connectivity index (χ0v) is 10.2. The third kappa shape index (κ3) is 2.79. The van der Waals surface area contributed by atoms with Crippen molar-refractivity contribution in [2.45, 2.75) is 5.33 Å². The molecule has 0 N–H and O–H groups in total. The predicted octanol–water partition coefficient (Wildman–Crippen LogP) is 4.05. The van der Waals surface area contributed by atoms with Crippen molar-refractivity contribution in [3.05, 3.63) is 53.7 Å². The lowest BCUT2D eigenvalue weighted by molar-refractivity contribution is 0.420. The van der Waals surface area contributed by atoms with Gasteiger partial charge in [0.2, 0.25) is 5.88 Å². The molecule has 0 aliphatic rings. The highest BCUT2D eigenvalue weighted by atomic mass is 79.9. The van der Waals surface area contributed by atoms with Gasteiger partial charge in [0.15, 0.2) is 11.6 Å². The standard InChI is InChI=1S/C12H8BrF2NO/c13-7-8-2-1-5-16-12(8)17-11-4-3-9(14)6-10(11)15/h1-6H,7H2. The van der Waals surface area contributed by atoms with Gasteiger partial charge in [0.05, 0.1) is 0 Å². The van der Waals surface area contributed by atoms with Crippen LogP contribution in [0.2, 0.25) is 0 Å². The second-order valence-electron chi connectivity index (χ2n) is 3.28. The Bertz CT molecular complexity index is 534. The molecule has 0 amide bonds. The number of rotatable bonds is 3. The Morgan fingerprint density at radius 2 is 2.06 bits per heavy atom. The topological polar surface area (TPSA) is 22.1 Å². The maximum absolute atomic E-state index is 13.4. The fourth-order valence-corrected chi connectivity index (χ4v) is 1.71. The summed E-state index contributed by atoms with van der Waals surface area (Å²) in [6, 6.07) is 6.70. The first-order chi connectivity index (χ1) is 8.20. The second-order valence-corrected chi connectivity index (χ2v) is 3.84. The summed E-state index contributed by atoms with van der Waals surface area (Å²) in [5.41, 5.74) is 0.788. The zero-order chi connectivity index (χ0) is 12.3. The van der Waals surface area contributed by atoms with Crippen LogP contribution in [0, 0.1) is 11.6 Å². The molecule has 0 spiro atoms. The molecule has 0 fully saturated rings. The van der Waals surface area contributed by atoms with Gasteiger partial charge in [-0.25, -0.2) is 13.8 Å². The molecule has 0 aliphatic carbocycles. The van der Waals surface area contributed by atoms with E-state index in [0.29, 0.717) is 11.2 Å². The van der Waals surface area contributed by atoms with Gasteiger partial charge in [0, 0.05) is 23.2 Å². The van der Waals surface area contributed by atoms with Crippen molar-refractivity contribution in [2.24, 2.45) is 0 Å². The Morgan fingerprint density at radius 3 is 2.76 bits per heavy atom. The monoisotopic (exact) mass is 299 g/mol. The Hall–Kier alpha value is -1.49. The molecule has 0 atom stereocenters. The van der Waals surface area contributed by atoms with E-state index in [-0.39, 0.29) is 5.75 Å². The highest BCUT2D eigenvalue weighted by Crippen LogP contribution is 2.26. The Balaban J connectivity index is 2.31. The van der Waals surface area contributed by atoms with E-state index in [4.69, 9.17) is 4.74 Å². The summed E-state index contributed by atoms with van der Waals surface area (Å²) in [6.07, 6.45) is 1.54. The van der Waals surface area contributed by atoms with Gasteiger partial charge in [0.1, 0.15) is 5.82 Å². The second kappa shape index (κ2) is 5.23. The molecule has 0 saturated heterocycles. The first-order valence-electron chi connectivity index (χ1n) is 4.83. The van der Waals surface area contributed by atoms with Crippen molar-refractivity contribution in [3.63, 3.8) is 0 Å². The molecule has 1 heterocycles. The van der Waals surface area contributed by atoms with E-state index < -0.39 is 11.6 Å². The summed E-state index contributed by atoms with van der Waals surface area (Å²) in [4.78, 5) is 4.00. The average molecular weight is 300 g/mol. The van der Waals surface area contributed by atoms with Crippen molar-refractivity contribution in [3.8, 4) is 11.6 Å². The van der Waals surface area contributed by atoms with Crippen LogP contribution >= 0.6 is 15.9 Å². The van der Waals surface area contributed by atoms with E-state index in [9.17, 15) is 8.78 Å². The minimum absolute atomic E-state index is 0.0488. The van der Waals surface area contributed by atoms with Crippen LogP contribution in [0.1, 0.15) is 5.56 Å². The lowest BCUT2D eigenvalue weighted by Gasteiger charge is -2.08. The summed E-state index contributed by atoms with van der Waals surface area (Å²) in [7, 11) is 0. The normalized spacial score (nSPS) is 10.3. The van der Waals surface area contributed by atoms with E-state index >= 15 is 0 Å². The fraction of sp³-hybridized carbons (Fsp3) is 0.0833. The molecule has 0 aliphatic heterocycles. The quantitative estimate of drug-likeness (QED) is 0.798. The van der Waals surface area contributed by atoms with Crippen molar-refractivity contribution in [1.82, 2.24) is 4.98 Å². The number of pyridine rings is 1. The molecule has 88 valence electrons. The van der Waals surface area contributed by atoms with Gasteiger partial charge in [0.25, 0.3) is 0 Å². The number of alkyl halides is 1. The Kier molecular flexibility index (Phi) is 3.68. The zero-order valence-electron chi connectivity index (χ0n) is 8.66. The van der Waals surface area contributed by atoms with Crippen LogP contribution in [0.5, 0.6) is 11.6 Å². The van der Waals surface area contributed by atoms with Gasteiger partial charge in [-0.15, -0.1) is 0 Å². The summed E-state index contributed by atoms with van der Waals surface area (Å²) in [5, 5.41) is 0.541. The van der Waals surface area contributed by atoms with E-state index in [1.165, 1.54) is 6.07 Å². The third-order valence-corrected chi connectivity index (χ3v) is 2.70. The van der Waals surface area contributed by atoms with Crippen LogP contribution in [-0.2, 0) is 5.33 Å². The minimum atomic E-state index is -0.754. The van der Waals surface area contributed by atoms with Gasteiger partial charge in [-0.2, -0.15) is 0 Å². The molecular formula is C12H8BrF2NO. The molecule has 2 rings (SSSR count). The summed E-state index contributed by atoms with van der Waals surface area (Å²) in [6.45, 7) is 0. The van der Waals surface area contributed by atoms with Gasteiger partial charge in [-0.3, -0.25) is 0 Å². The van der Waals surface area contributed by atoms with Crippen molar-refractivity contribution in [1.29, 1.82) is 0 Å². The SMILES string of the molecule is Fc1ccc(Oc2ncccc2CBr)c(F)c1. The summed E-state index contributed by atoms with van der Waals surface area (Å²) < 4.78 is 31.4. The van der Waals surface area contributed by atoms with Crippen molar-refractivity contribution < 1.29 is 13.5 Å². The number of hydrogen-bond donors (Lipinski definition) is 0. The first kappa shape index (κ1) is 12.0. The maximum Gasteiger partial charge on any atom is 0.223 e. The summed E-state index contributed by atoms with van der Waals surface area (Å²) >= 11 is 3.28. The molecule has 2 aromatic rings. The number of halogens is 3. The van der Waals surface area contributed by atoms with Crippen molar-refractivity contribution in [2.75, 3.05) is 0 Å². The van der Waals surface area contributed by atoms with Crippen molar-refractivity contribution >= 4 is 15.9 Å². The third-order valence-electron chi connectivity index (χ3n) is 2.09. The molecule has 17 heavy (non-hydrogen) atoms. The lowest BCUT2D eigenvalue weighted by atomic mass is 10.3. The molecule has 0 bridgehead atoms. The van der Waals surface area contributed by atoms with Gasteiger partial charge < -0.3 is 4.74 Å². The first-order valence-corrected chi connectivity index (χ1v) is 5.95. The molecule has 1 aromatic heterocycles. The number of nitrogens with zero attached hydrogens (tertiary/aromatic N) is 1. The molecule has 2 nitrogen and oxygen atoms in total. The number of hydrogen-bond acceptors (Lipinski definition) is 2. The van der Waals surface area contributed by atoms with Crippen LogP contribution in [0.25, 0.3) is 0 Å². The van der Waals surface area contributed by atoms with Crippen LogP contribution in [0.15, 0.2) is 36.5 Å². The van der Waals surface area contributed by atoms with Crippen LogP contribution in [0.3, 0.4) is 0 Å². The highest BCUT2D eigenvalue weighted by molar-refractivity contribution is 9.08. The molecule has 5 heteroatoms. The highest BCUT2D eigenvalue weighted by Gasteiger charge is 2.09. The largest absolute Gasteiger partial charge is 0.436 e. The average Bonchev–Trinajstić information content (AvgIpc) is 2.33. The van der Waals surface area contributed by atoms with Crippen LogP contribution in [-0.4, -0.2) is 4.98 Å². The number of ether oxygens (including phenoxy) is 1. The van der Waals surface area contributed by atoms with Gasteiger partial charge in [-0.1, -0.05) is 22.0 Å². The molecule has 0 unspecified atom stereocenters. The van der Waals surface area contributed by atoms with E-state index in [1.54, 1.807) is 18.3 Å². The molecule has 0 radical (unpaired) electrons. The lowest BCUT2D eigenvalue weighted by Crippen LogP contribution is -1.94. The van der Waals surface area contributed by atoms with Crippen LogP contribution < -0.4 is 4.74 Å². The molecule has 0 saturated carbocycles. The van der Waals surface area contributed by atoms with Gasteiger partial charge in [-0.05, 0) is 18.2 Å². The van der Waals surface area contributed by atoms with Crippen LogP contribution in [0.4, 0.5) is 8.78 Å². The molecular weight excluding hydrogens is 292 g/mol. The maximum atomic E-state index is 13.4.